The Kier molecular flexibility index (Phi) is 7.18. The lowest BCUT2D eigenvalue weighted by Crippen LogP contribution is -2.41. The van der Waals surface area contributed by atoms with Gasteiger partial charge in [0.25, 0.3) is 11.5 Å². The topological polar surface area (TPSA) is 175 Å². The summed E-state index contributed by atoms with van der Waals surface area (Å²) in [7, 11) is 0. The molecule has 1 aliphatic rings. The molecular formula is C21H26N4O6S. The zero-order valence-corrected chi connectivity index (χ0v) is 18.4. The monoisotopic (exact) mass is 462 g/mol. The van der Waals surface area contributed by atoms with Crippen molar-refractivity contribution in [2.75, 3.05) is 17.6 Å². The van der Waals surface area contributed by atoms with Crippen LogP contribution in [0.5, 0.6) is 0 Å². The second-order valence-electron chi connectivity index (χ2n) is 7.96. The Balaban J connectivity index is 1.60. The standard InChI is InChI=1S/C21H26N4O6S/c1-10-6-12(32-18(10)20(29)24-14(21(30)31)4-5-17(26)27)3-2-11-7-13-15(23-9-11)8-16(22)25-19(13)28/h6,8,11,14,23H,2-5,7,9H2,1H3,(H,24,29)(H,26,27)(H,30,31)(H3,22,25,28)/t11?,14-/m0/s1. The maximum absolute atomic E-state index is 12.6. The third-order valence-corrected chi connectivity index (χ3v) is 6.75. The molecule has 0 saturated carbocycles. The Morgan fingerprint density at radius 1 is 1.31 bits per heavy atom. The molecule has 3 rings (SSSR count). The van der Waals surface area contributed by atoms with Crippen LogP contribution < -0.4 is 21.9 Å². The minimum absolute atomic E-state index is 0.181. The van der Waals surface area contributed by atoms with E-state index in [1.807, 2.05) is 6.07 Å². The first-order valence-corrected chi connectivity index (χ1v) is 11.1. The number of carbonyl (C=O) groups is 3. The molecule has 32 heavy (non-hydrogen) atoms. The third kappa shape index (κ3) is 5.67. The summed E-state index contributed by atoms with van der Waals surface area (Å²) in [5.41, 5.74) is 7.70. The van der Waals surface area contributed by atoms with Crippen LogP contribution in [0.1, 0.15) is 44.9 Å². The number of anilines is 2. The van der Waals surface area contributed by atoms with Gasteiger partial charge < -0.3 is 31.6 Å². The van der Waals surface area contributed by atoms with E-state index in [0.29, 0.717) is 29.1 Å². The fraction of sp³-hybridized carbons (Fsp3) is 0.429. The van der Waals surface area contributed by atoms with Crippen molar-refractivity contribution in [3.63, 3.8) is 0 Å². The van der Waals surface area contributed by atoms with E-state index in [1.165, 1.54) is 11.3 Å². The first-order valence-electron chi connectivity index (χ1n) is 10.2. The molecule has 0 aromatic carbocycles. The number of aromatic amines is 1. The predicted octanol–water partition coefficient (Wildman–Crippen LogP) is 1.59. The van der Waals surface area contributed by atoms with Crippen LogP contribution in [0.4, 0.5) is 11.5 Å². The van der Waals surface area contributed by atoms with Gasteiger partial charge in [-0.3, -0.25) is 14.4 Å². The molecule has 0 bridgehead atoms. The van der Waals surface area contributed by atoms with E-state index in [4.69, 9.17) is 10.8 Å². The summed E-state index contributed by atoms with van der Waals surface area (Å²) >= 11 is 1.30. The molecule has 1 aliphatic heterocycles. The second kappa shape index (κ2) is 9.86. The number of carbonyl (C=O) groups excluding carboxylic acids is 1. The SMILES string of the molecule is Cc1cc(CCC2CNc3cc(N)[nH]c(=O)c3C2)sc1C(=O)N[C@@H](CCC(=O)O)C(=O)O. The molecule has 3 heterocycles. The number of thiophene rings is 1. The molecule has 0 saturated heterocycles. The number of hydrogen-bond acceptors (Lipinski definition) is 7. The van der Waals surface area contributed by atoms with Crippen molar-refractivity contribution >= 4 is 40.7 Å². The van der Waals surface area contributed by atoms with Crippen molar-refractivity contribution in [2.24, 2.45) is 5.92 Å². The van der Waals surface area contributed by atoms with E-state index in [9.17, 15) is 24.3 Å². The highest BCUT2D eigenvalue weighted by Gasteiger charge is 2.25. The van der Waals surface area contributed by atoms with Crippen LogP contribution >= 0.6 is 11.3 Å². The van der Waals surface area contributed by atoms with Crippen LogP contribution in [0.2, 0.25) is 0 Å². The Morgan fingerprint density at radius 3 is 2.75 bits per heavy atom. The summed E-state index contributed by atoms with van der Waals surface area (Å²) in [6.45, 7) is 2.50. The fourth-order valence-corrected chi connectivity index (χ4v) is 4.87. The molecule has 1 amide bonds. The van der Waals surface area contributed by atoms with Crippen LogP contribution in [-0.2, 0) is 22.4 Å². The van der Waals surface area contributed by atoms with Crippen LogP contribution in [-0.4, -0.2) is 45.6 Å². The number of aryl methyl sites for hydroxylation is 2. The number of pyridine rings is 1. The minimum Gasteiger partial charge on any atom is -0.481 e. The lowest BCUT2D eigenvalue weighted by atomic mass is 9.91. The fourth-order valence-electron chi connectivity index (χ4n) is 3.78. The average Bonchev–Trinajstić information content (AvgIpc) is 3.09. The number of nitrogens with two attached hydrogens (primary N) is 1. The summed E-state index contributed by atoms with van der Waals surface area (Å²) in [4.78, 5) is 50.8. The van der Waals surface area contributed by atoms with E-state index in [2.05, 4.69) is 15.6 Å². The van der Waals surface area contributed by atoms with Gasteiger partial charge in [0.05, 0.1) is 4.88 Å². The third-order valence-electron chi connectivity index (χ3n) is 5.46. The largest absolute Gasteiger partial charge is 0.481 e. The number of amides is 1. The molecular weight excluding hydrogens is 436 g/mol. The number of nitrogen functional groups attached to an aromatic ring is 1. The van der Waals surface area contributed by atoms with Crippen LogP contribution in [0.15, 0.2) is 16.9 Å². The van der Waals surface area contributed by atoms with Gasteiger partial charge in [0.2, 0.25) is 0 Å². The van der Waals surface area contributed by atoms with Gasteiger partial charge in [0.1, 0.15) is 11.9 Å². The summed E-state index contributed by atoms with van der Waals surface area (Å²) in [6, 6.07) is 2.37. The maximum atomic E-state index is 12.6. The molecule has 10 nitrogen and oxygen atoms in total. The Hall–Kier alpha value is -3.34. The summed E-state index contributed by atoms with van der Waals surface area (Å²) < 4.78 is 0. The number of aromatic nitrogens is 1. The van der Waals surface area contributed by atoms with Crippen molar-refractivity contribution in [1.29, 1.82) is 0 Å². The van der Waals surface area contributed by atoms with E-state index >= 15 is 0 Å². The molecule has 2 atom stereocenters. The normalized spacial score (nSPS) is 16.0. The second-order valence-corrected chi connectivity index (χ2v) is 9.09. The number of H-pyrrole nitrogens is 1. The van der Waals surface area contributed by atoms with E-state index < -0.39 is 23.9 Å². The molecule has 0 aliphatic carbocycles. The number of nitrogens with one attached hydrogen (secondary N) is 3. The van der Waals surface area contributed by atoms with Crippen molar-refractivity contribution in [3.05, 3.63) is 43.4 Å². The van der Waals surface area contributed by atoms with Gasteiger partial charge in [0.15, 0.2) is 0 Å². The Bertz CT molecular complexity index is 1090. The molecule has 0 fully saturated rings. The van der Waals surface area contributed by atoms with Crippen molar-refractivity contribution in [3.8, 4) is 0 Å². The number of carboxylic acid groups (broad SMARTS) is 2. The number of rotatable bonds is 9. The van der Waals surface area contributed by atoms with Gasteiger partial charge in [-0.05, 0) is 50.2 Å². The quantitative estimate of drug-likeness (QED) is 0.326. The molecule has 2 aromatic rings. The van der Waals surface area contributed by atoms with Gasteiger partial charge in [-0.2, -0.15) is 0 Å². The maximum Gasteiger partial charge on any atom is 0.326 e. The van der Waals surface area contributed by atoms with Gasteiger partial charge in [-0.15, -0.1) is 11.3 Å². The lowest BCUT2D eigenvalue weighted by molar-refractivity contribution is -0.140. The van der Waals surface area contributed by atoms with E-state index in [1.54, 1.807) is 13.0 Å². The molecule has 0 radical (unpaired) electrons. The Morgan fingerprint density at radius 2 is 2.06 bits per heavy atom. The highest BCUT2D eigenvalue weighted by molar-refractivity contribution is 7.14. The van der Waals surface area contributed by atoms with Crippen molar-refractivity contribution in [2.45, 2.75) is 45.1 Å². The average molecular weight is 463 g/mol. The zero-order valence-electron chi connectivity index (χ0n) is 17.6. The van der Waals surface area contributed by atoms with E-state index in [-0.39, 0.29) is 24.3 Å². The first-order chi connectivity index (χ1) is 15.1. The highest BCUT2D eigenvalue weighted by atomic mass is 32.1. The summed E-state index contributed by atoms with van der Waals surface area (Å²) in [6.07, 6.45) is 1.64. The molecule has 7 N–H and O–H groups in total. The number of carboxylic acids is 2. The number of hydrogen-bond donors (Lipinski definition) is 6. The molecule has 11 heteroatoms. The van der Waals surface area contributed by atoms with Crippen molar-refractivity contribution < 1.29 is 24.6 Å². The van der Waals surface area contributed by atoms with Gasteiger partial charge in [-0.1, -0.05) is 0 Å². The predicted molar refractivity (Wildman–Crippen MR) is 120 cm³/mol. The summed E-state index contributed by atoms with van der Waals surface area (Å²) in [5.74, 6) is -2.33. The number of aliphatic carboxylic acids is 2. The van der Waals surface area contributed by atoms with Crippen molar-refractivity contribution in [1.82, 2.24) is 10.3 Å². The minimum atomic E-state index is -1.27. The van der Waals surface area contributed by atoms with Crippen LogP contribution in [0.3, 0.4) is 0 Å². The first kappa shape index (κ1) is 23.3. The molecule has 2 aromatic heterocycles. The van der Waals surface area contributed by atoms with Crippen LogP contribution in [0.25, 0.3) is 0 Å². The van der Waals surface area contributed by atoms with Gasteiger partial charge >= 0.3 is 11.9 Å². The molecule has 0 spiro atoms. The summed E-state index contributed by atoms with van der Waals surface area (Å²) in [5, 5.41) is 23.7. The smallest absolute Gasteiger partial charge is 0.326 e. The van der Waals surface area contributed by atoms with E-state index in [0.717, 1.165) is 29.1 Å². The molecule has 1 unspecified atom stereocenters. The van der Waals surface area contributed by atoms with Crippen LogP contribution in [0, 0.1) is 12.8 Å². The van der Waals surface area contributed by atoms with Gasteiger partial charge in [-0.25, -0.2) is 4.79 Å². The molecule has 172 valence electrons. The Labute approximate surface area is 187 Å². The van der Waals surface area contributed by atoms with Gasteiger partial charge in [0, 0.05) is 35.2 Å². The zero-order chi connectivity index (χ0) is 23.4. The number of fused-ring (bicyclic) bond motifs is 1. The lowest BCUT2D eigenvalue weighted by Gasteiger charge is -2.25. The highest BCUT2D eigenvalue weighted by Crippen LogP contribution is 2.28.